The quantitative estimate of drug-likeness (QED) is 0.571. The van der Waals surface area contributed by atoms with Gasteiger partial charge in [0.15, 0.2) is 16.9 Å². The van der Waals surface area contributed by atoms with Gasteiger partial charge in [0.05, 0.1) is 7.11 Å². The van der Waals surface area contributed by atoms with Crippen molar-refractivity contribution in [2.45, 2.75) is 6.42 Å². The second-order valence-electron chi connectivity index (χ2n) is 6.29. The average Bonchev–Trinajstić information content (AvgIpc) is 2.69. The van der Waals surface area contributed by atoms with Gasteiger partial charge in [0.1, 0.15) is 16.7 Å². The number of methoxy groups -OCH3 is 1. The van der Waals surface area contributed by atoms with E-state index in [4.69, 9.17) is 9.15 Å². The molecule has 4 aromatic rings. The van der Waals surface area contributed by atoms with Crippen molar-refractivity contribution in [3.63, 3.8) is 0 Å². The molecule has 4 heteroatoms. The van der Waals surface area contributed by atoms with E-state index in [0.717, 1.165) is 16.7 Å². The van der Waals surface area contributed by atoms with Gasteiger partial charge in [-0.3, -0.25) is 4.79 Å². The van der Waals surface area contributed by atoms with Crippen LogP contribution in [0.2, 0.25) is 0 Å². The second-order valence-corrected chi connectivity index (χ2v) is 6.29. The molecule has 27 heavy (non-hydrogen) atoms. The molecule has 0 amide bonds. The molecule has 1 heterocycles. The van der Waals surface area contributed by atoms with Crippen molar-refractivity contribution >= 4 is 11.0 Å². The number of rotatable bonds is 4. The molecule has 3 aromatic carbocycles. The van der Waals surface area contributed by atoms with Gasteiger partial charge < -0.3 is 14.3 Å². The zero-order chi connectivity index (χ0) is 18.8. The Balaban J connectivity index is 1.92. The van der Waals surface area contributed by atoms with Crippen LogP contribution in [0, 0.1) is 0 Å². The zero-order valence-corrected chi connectivity index (χ0v) is 14.8. The highest BCUT2D eigenvalue weighted by Gasteiger charge is 2.19. The van der Waals surface area contributed by atoms with Crippen LogP contribution in [-0.2, 0) is 6.42 Å². The normalized spacial score (nSPS) is 10.9. The Hall–Kier alpha value is -3.53. The van der Waals surface area contributed by atoms with E-state index in [9.17, 15) is 9.90 Å². The number of hydrogen-bond acceptors (Lipinski definition) is 4. The molecule has 0 atom stereocenters. The minimum absolute atomic E-state index is 0.128. The van der Waals surface area contributed by atoms with E-state index in [0.29, 0.717) is 23.5 Å². The summed E-state index contributed by atoms with van der Waals surface area (Å²) in [6.07, 6.45) is 0.548. The lowest BCUT2D eigenvalue weighted by Gasteiger charge is -2.13. The molecule has 0 saturated carbocycles. The summed E-state index contributed by atoms with van der Waals surface area (Å²) in [6, 6.07) is 22.4. The highest BCUT2D eigenvalue weighted by Crippen LogP contribution is 2.38. The molecule has 0 spiro atoms. The number of phenols is 1. The van der Waals surface area contributed by atoms with Crippen molar-refractivity contribution < 1.29 is 14.3 Å². The molecule has 4 rings (SSSR count). The fourth-order valence-electron chi connectivity index (χ4n) is 3.26. The first-order valence-corrected chi connectivity index (χ1v) is 8.63. The molecule has 0 aliphatic heterocycles. The van der Waals surface area contributed by atoms with E-state index in [-0.39, 0.29) is 16.6 Å². The number of aromatic hydroxyl groups is 1. The molecule has 1 aromatic heterocycles. The Morgan fingerprint density at radius 2 is 1.63 bits per heavy atom. The van der Waals surface area contributed by atoms with E-state index in [1.807, 2.05) is 60.7 Å². The van der Waals surface area contributed by atoms with Crippen LogP contribution in [0.3, 0.4) is 0 Å². The summed E-state index contributed by atoms with van der Waals surface area (Å²) in [5.74, 6) is 0.573. The third-order valence-corrected chi connectivity index (χ3v) is 4.52. The second kappa shape index (κ2) is 7.00. The average molecular weight is 358 g/mol. The van der Waals surface area contributed by atoms with Gasteiger partial charge in [-0.2, -0.15) is 0 Å². The van der Waals surface area contributed by atoms with Crippen molar-refractivity contribution in [2.75, 3.05) is 7.11 Å². The lowest BCUT2D eigenvalue weighted by molar-refractivity contribution is 0.372. The van der Waals surface area contributed by atoms with Crippen LogP contribution < -0.4 is 10.2 Å². The van der Waals surface area contributed by atoms with Crippen LogP contribution in [0.15, 0.2) is 82.0 Å². The van der Waals surface area contributed by atoms with Gasteiger partial charge in [-0.05, 0) is 11.6 Å². The van der Waals surface area contributed by atoms with Crippen LogP contribution in [0.4, 0.5) is 0 Å². The molecular weight excluding hydrogens is 340 g/mol. The van der Waals surface area contributed by atoms with Gasteiger partial charge in [0.2, 0.25) is 0 Å². The van der Waals surface area contributed by atoms with Gasteiger partial charge in [-0.25, -0.2) is 0 Å². The largest absolute Gasteiger partial charge is 0.504 e. The molecule has 1 N–H and O–H groups in total. The first kappa shape index (κ1) is 16.9. The third-order valence-electron chi connectivity index (χ3n) is 4.52. The minimum atomic E-state index is -0.308. The van der Waals surface area contributed by atoms with Crippen molar-refractivity contribution in [3.8, 4) is 22.8 Å². The predicted octanol–water partition coefficient (Wildman–Crippen LogP) is 4.77. The molecule has 0 aliphatic carbocycles. The Labute approximate surface area is 156 Å². The van der Waals surface area contributed by atoms with Gasteiger partial charge in [0, 0.05) is 23.6 Å². The Kier molecular flexibility index (Phi) is 4.38. The summed E-state index contributed by atoms with van der Waals surface area (Å²) in [5.41, 5.74) is 2.65. The van der Waals surface area contributed by atoms with Crippen LogP contribution >= 0.6 is 0 Å². The van der Waals surface area contributed by atoms with E-state index in [1.54, 1.807) is 6.07 Å². The maximum absolute atomic E-state index is 12.7. The van der Waals surface area contributed by atoms with Crippen LogP contribution in [-0.4, -0.2) is 12.2 Å². The molecule has 0 aliphatic rings. The molecule has 134 valence electrons. The Bertz CT molecular complexity index is 1150. The number of phenolic OH excluding ortho intramolecular Hbond substituents is 1. The van der Waals surface area contributed by atoms with Crippen molar-refractivity contribution in [2.24, 2.45) is 0 Å². The summed E-state index contributed by atoms with van der Waals surface area (Å²) < 4.78 is 11.4. The maximum Gasteiger partial charge on any atom is 0.197 e. The van der Waals surface area contributed by atoms with E-state index in [2.05, 4.69) is 0 Å². The predicted molar refractivity (Wildman–Crippen MR) is 105 cm³/mol. The first-order chi connectivity index (χ1) is 13.2. The lowest BCUT2D eigenvalue weighted by atomic mass is 10.0. The standard InChI is InChI=1S/C23H18O4/c1-26-23-17(12-15-8-4-2-5-9-15)13-20-21(22(23)25)18(24)14-19(27-20)16-10-6-3-7-11-16/h2-11,13-14,25H,12H2,1H3. The van der Waals surface area contributed by atoms with Gasteiger partial charge in [-0.1, -0.05) is 60.7 Å². The number of benzene rings is 3. The number of ether oxygens (including phenoxy) is 1. The summed E-state index contributed by atoms with van der Waals surface area (Å²) in [5, 5.41) is 10.8. The Morgan fingerprint density at radius 3 is 2.30 bits per heavy atom. The monoisotopic (exact) mass is 358 g/mol. The lowest BCUT2D eigenvalue weighted by Crippen LogP contribution is -2.04. The highest BCUT2D eigenvalue weighted by atomic mass is 16.5. The summed E-state index contributed by atoms with van der Waals surface area (Å²) in [7, 11) is 1.48. The van der Waals surface area contributed by atoms with Crippen molar-refractivity contribution in [1.29, 1.82) is 0 Å². The van der Waals surface area contributed by atoms with Gasteiger partial charge >= 0.3 is 0 Å². The summed E-state index contributed by atoms with van der Waals surface area (Å²) >= 11 is 0. The van der Waals surface area contributed by atoms with Crippen LogP contribution in [0.1, 0.15) is 11.1 Å². The smallest absolute Gasteiger partial charge is 0.197 e. The first-order valence-electron chi connectivity index (χ1n) is 8.63. The van der Waals surface area contributed by atoms with Gasteiger partial charge in [-0.15, -0.1) is 0 Å². The number of fused-ring (bicyclic) bond motifs is 1. The highest BCUT2D eigenvalue weighted by molar-refractivity contribution is 5.88. The maximum atomic E-state index is 12.7. The number of hydrogen-bond donors (Lipinski definition) is 1. The topological polar surface area (TPSA) is 59.7 Å². The van der Waals surface area contributed by atoms with Crippen molar-refractivity contribution in [1.82, 2.24) is 0 Å². The van der Waals surface area contributed by atoms with E-state index >= 15 is 0 Å². The van der Waals surface area contributed by atoms with Crippen LogP contribution in [0.5, 0.6) is 11.5 Å². The summed E-state index contributed by atoms with van der Waals surface area (Å²) in [4.78, 5) is 12.7. The van der Waals surface area contributed by atoms with Crippen molar-refractivity contribution in [3.05, 3.63) is 94.1 Å². The third kappa shape index (κ3) is 3.17. The fourth-order valence-corrected chi connectivity index (χ4v) is 3.26. The molecule has 0 bridgehead atoms. The van der Waals surface area contributed by atoms with E-state index < -0.39 is 0 Å². The Morgan fingerprint density at radius 1 is 0.963 bits per heavy atom. The van der Waals surface area contributed by atoms with Crippen LogP contribution in [0.25, 0.3) is 22.3 Å². The summed E-state index contributed by atoms with van der Waals surface area (Å²) in [6.45, 7) is 0. The SMILES string of the molecule is COc1c(Cc2ccccc2)cc2oc(-c3ccccc3)cc(=O)c2c1O. The molecule has 0 unspecified atom stereocenters. The minimum Gasteiger partial charge on any atom is -0.504 e. The fraction of sp³-hybridized carbons (Fsp3) is 0.0870. The molecule has 0 radical (unpaired) electrons. The van der Waals surface area contributed by atoms with E-state index in [1.165, 1.54) is 13.2 Å². The molecule has 0 saturated heterocycles. The molecule has 4 nitrogen and oxygen atoms in total. The molecular formula is C23H18O4. The van der Waals surface area contributed by atoms with Gasteiger partial charge in [0.25, 0.3) is 0 Å². The molecule has 0 fully saturated rings. The zero-order valence-electron chi connectivity index (χ0n) is 14.8.